The summed E-state index contributed by atoms with van der Waals surface area (Å²) < 4.78 is 16.1. The minimum atomic E-state index is -0.555. The van der Waals surface area contributed by atoms with Crippen LogP contribution in [0.15, 0.2) is 54.8 Å². The Labute approximate surface area is 213 Å². The van der Waals surface area contributed by atoms with Crippen molar-refractivity contribution < 1.29 is 23.8 Å². The largest absolute Gasteiger partial charge is 0.490 e. The standard InChI is InChI=1S/C24H22Cl2N2O5S/c1-4-10-33-22-18(26)11-15(13-20(22)32-5-2)12-19-23(30)28(17-8-6-16(25)7-9-17)24(34)27(19)14-21(29)31-3/h4,6-9,11-13H,1,5,10,14H2,2-3H3/b19-12-. The molecule has 7 nitrogen and oxygen atoms in total. The third-order valence-electron chi connectivity index (χ3n) is 4.72. The lowest BCUT2D eigenvalue weighted by atomic mass is 10.1. The van der Waals surface area contributed by atoms with E-state index in [-0.39, 0.29) is 24.0 Å². The van der Waals surface area contributed by atoms with Gasteiger partial charge in [-0.2, -0.15) is 0 Å². The first-order chi connectivity index (χ1) is 16.3. The number of nitrogens with zero attached hydrogens (tertiary/aromatic N) is 2. The summed E-state index contributed by atoms with van der Waals surface area (Å²) in [5.41, 5.74) is 1.24. The number of hydrogen-bond acceptors (Lipinski definition) is 6. The van der Waals surface area contributed by atoms with Crippen molar-refractivity contribution >= 4 is 64.2 Å². The highest BCUT2D eigenvalue weighted by atomic mass is 35.5. The van der Waals surface area contributed by atoms with Gasteiger partial charge >= 0.3 is 5.97 Å². The summed E-state index contributed by atoms with van der Waals surface area (Å²) in [6, 6.07) is 9.96. The Morgan fingerprint density at radius 3 is 2.50 bits per heavy atom. The van der Waals surface area contributed by atoms with Gasteiger partial charge in [0, 0.05) is 5.02 Å². The molecule has 0 unspecified atom stereocenters. The van der Waals surface area contributed by atoms with Crippen LogP contribution in [0, 0.1) is 0 Å². The number of benzene rings is 2. The van der Waals surface area contributed by atoms with Crippen molar-refractivity contribution in [3.05, 3.63) is 70.4 Å². The number of anilines is 1. The molecule has 0 aliphatic carbocycles. The van der Waals surface area contributed by atoms with Crippen LogP contribution in [0.2, 0.25) is 10.0 Å². The molecule has 178 valence electrons. The van der Waals surface area contributed by atoms with Gasteiger partial charge in [-0.15, -0.1) is 0 Å². The Bertz CT molecular complexity index is 1150. The number of thiocarbonyl (C=S) groups is 1. The summed E-state index contributed by atoms with van der Waals surface area (Å²) in [7, 11) is 1.26. The lowest BCUT2D eigenvalue weighted by Gasteiger charge is -2.19. The van der Waals surface area contributed by atoms with Crippen molar-refractivity contribution in [3.63, 3.8) is 0 Å². The summed E-state index contributed by atoms with van der Waals surface area (Å²) in [6.45, 7) is 5.84. The first-order valence-electron chi connectivity index (χ1n) is 10.2. The van der Waals surface area contributed by atoms with Gasteiger partial charge in [-0.05, 0) is 67.2 Å². The molecule has 1 aliphatic heterocycles. The average molecular weight is 521 g/mol. The van der Waals surface area contributed by atoms with Gasteiger partial charge in [-0.3, -0.25) is 14.5 Å². The molecule has 0 atom stereocenters. The lowest BCUT2D eigenvalue weighted by Crippen LogP contribution is -2.35. The maximum Gasteiger partial charge on any atom is 0.325 e. The normalized spacial score (nSPS) is 14.5. The first kappa shape index (κ1) is 25.6. The second-order valence-electron chi connectivity index (χ2n) is 6.95. The number of halogens is 2. The molecular weight excluding hydrogens is 499 g/mol. The summed E-state index contributed by atoms with van der Waals surface area (Å²) in [5, 5.41) is 0.938. The molecule has 1 fully saturated rings. The van der Waals surface area contributed by atoms with Gasteiger partial charge in [-0.25, -0.2) is 0 Å². The van der Waals surface area contributed by atoms with Crippen LogP contribution in [0.25, 0.3) is 6.08 Å². The minimum absolute atomic E-state index is 0.131. The van der Waals surface area contributed by atoms with Crippen LogP contribution in [-0.4, -0.2) is 48.8 Å². The number of carbonyl (C=O) groups is 2. The molecule has 0 saturated carbocycles. The predicted molar refractivity (Wildman–Crippen MR) is 137 cm³/mol. The van der Waals surface area contributed by atoms with Gasteiger partial charge in [0.25, 0.3) is 5.91 Å². The SMILES string of the molecule is C=CCOc1c(Cl)cc(/C=C2/C(=O)N(c3ccc(Cl)cc3)C(=S)N2CC(=O)OC)cc1OCC. The molecule has 2 aromatic rings. The molecule has 1 heterocycles. The lowest BCUT2D eigenvalue weighted by molar-refractivity contribution is -0.140. The van der Waals surface area contributed by atoms with Crippen molar-refractivity contribution in [3.8, 4) is 11.5 Å². The third-order valence-corrected chi connectivity index (χ3v) is 5.65. The Balaban J connectivity index is 2.08. The predicted octanol–water partition coefficient (Wildman–Crippen LogP) is 5.10. The van der Waals surface area contributed by atoms with Crippen LogP contribution in [0.1, 0.15) is 12.5 Å². The molecule has 1 amide bonds. The van der Waals surface area contributed by atoms with Crippen LogP contribution >= 0.6 is 35.4 Å². The fourth-order valence-electron chi connectivity index (χ4n) is 3.22. The van der Waals surface area contributed by atoms with E-state index in [1.165, 1.54) is 16.9 Å². The van der Waals surface area contributed by atoms with Crippen LogP contribution in [0.3, 0.4) is 0 Å². The quantitative estimate of drug-likeness (QED) is 0.197. The van der Waals surface area contributed by atoms with E-state index in [9.17, 15) is 9.59 Å². The molecule has 34 heavy (non-hydrogen) atoms. The number of methoxy groups -OCH3 is 1. The molecule has 2 aromatic carbocycles. The smallest absolute Gasteiger partial charge is 0.325 e. The maximum atomic E-state index is 13.4. The second kappa shape index (κ2) is 11.4. The molecule has 0 radical (unpaired) electrons. The number of esters is 1. The fraction of sp³-hybridized carbons (Fsp3) is 0.208. The molecular formula is C24H22Cl2N2O5S. The maximum absolute atomic E-state index is 13.4. The van der Waals surface area contributed by atoms with E-state index >= 15 is 0 Å². The van der Waals surface area contributed by atoms with E-state index < -0.39 is 11.9 Å². The van der Waals surface area contributed by atoms with Crippen molar-refractivity contribution in [2.45, 2.75) is 6.92 Å². The van der Waals surface area contributed by atoms with Gasteiger partial charge in [0.15, 0.2) is 16.6 Å². The third kappa shape index (κ3) is 5.52. The Kier molecular flexibility index (Phi) is 8.55. The number of carbonyl (C=O) groups excluding carboxylic acids is 2. The van der Waals surface area contributed by atoms with Crippen molar-refractivity contribution in [1.82, 2.24) is 4.90 Å². The zero-order valence-corrected chi connectivity index (χ0v) is 20.9. The summed E-state index contributed by atoms with van der Waals surface area (Å²) in [6.07, 6.45) is 3.18. The van der Waals surface area contributed by atoms with Crippen LogP contribution in [0.5, 0.6) is 11.5 Å². The first-order valence-corrected chi connectivity index (χ1v) is 11.4. The molecule has 1 aliphatic rings. The van der Waals surface area contributed by atoms with Gasteiger partial charge in [0.2, 0.25) is 0 Å². The van der Waals surface area contributed by atoms with E-state index in [4.69, 9.17) is 49.6 Å². The Hall–Kier alpha value is -3.07. The van der Waals surface area contributed by atoms with Gasteiger partial charge in [0.1, 0.15) is 18.8 Å². The Morgan fingerprint density at radius 1 is 1.18 bits per heavy atom. The molecule has 0 aromatic heterocycles. The van der Waals surface area contributed by atoms with Crippen molar-refractivity contribution in [2.75, 3.05) is 31.8 Å². The number of ether oxygens (including phenoxy) is 3. The van der Waals surface area contributed by atoms with Crippen LogP contribution in [0.4, 0.5) is 5.69 Å². The van der Waals surface area contributed by atoms with Crippen molar-refractivity contribution in [1.29, 1.82) is 0 Å². The van der Waals surface area contributed by atoms with E-state index in [0.717, 1.165) is 0 Å². The highest BCUT2D eigenvalue weighted by Gasteiger charge is 2.40. The van der Waals surface area contributed by atoms with Gasteiger partial charge in [0.05, 0.1) is 24.4 Å². The Morgan fingerprint density at radius 2 is 1.88 bits per heavy atom. The zero-order chi connectivity index (χ0) is 24.8. The fourth-order valence-corrected chi connectivity index (χ4v) is 3.97. The summed E-state index contributed by atoms with van der Waals surface area (Å²) >= 11 is 18.0. The summed E-state index contributed by atoms with van der Waals surface area (Å²) in [4.78, 5) is 28.3. The highest BCUT2D eigenvalue weighted by molar-refractivity contribution is 7.80. The number of rotatable bonds is 9. The monoisotopic (exact) mass is 520 g/mol. The molecule has 0 N–H and O–H groups in total. The number of amides is 1. The second-order valence-corrected chi connectivity index (χ2v) is 8.16. The summed E-state index contributed by atoms with van der Waals surface area (Å²) in [5.74, 6) is -0.198. The van der Waals surface area contributed by atoms with Crippen LogP contribution in [-0.2, 0) is 14.3 Å². The van der Waals surface area contributed by atoms with E-state index in [1.54, 1.807) is 48.6 Å². The van der Waals surface area contributed by atoms with Crippen molar-refractivity contribution in [2.24, 2.45) is 0 Å². The molecule has 1 saturated heterocycles. The topological polar surface area (TPSA) is 68.3 Å². The average Bonchev–Trinajstić information content (AvgIpc) is 3.03. The molecule has 3 rings (SSSR count). The van der Waals surface area contributed by atoms with Gasteiger partial charge in [-0.1, -0.05) is 35.9 Å². The molecule has 0 bridgehead atoms. The zero-order valence-electron chi connectivity index (χ0n) is 18.5. The highest BCUT2D eigenvalue weighted by Crippen LogP contribution is 2.38. The molecule has 10 heteroatoms. The van der Waals surface area contributed by atoms with Gasteiger partial charge < -0.3 is 19.1 Å². The van der Waals surface area contributed by atoms with E-state index in [0.29, 0.717) is 39.4 Å². The van der Waals surface area contributed by atoms with Crippen LogP contribution < -0.4 is 14.4 Å². The molecule has 0 spiro atoms. The van der Waals surface area contributed by atoms with E-state index in [2.05, 4.69) is 6.58 Å². The number of hydrogen-bond donors (Lipinski definition) is 0. The van der Waals surface area contributed by atoms with E-state index in [1.807, 2.05) is 6.92 Å². The minimum Gasteiger partial charge on any atom is -0.490 e.